The molecule has 0 bridgehead atoms. The first-order valence-corrected chi connectivity index (χ1v) is 7.40. The van der Waals surface area contributed by atoms with Gasteiger partial charge >= 0.3 is 0 Å². The summed E-state index contributed by atoms with van der Waals surface area (Å²) in [5, 5.41) is 0. The summed E-state index contributed by atoms with van der Waals surface area (Å²) < 4.78 is 13.9. The fourth-order valence-electron chi connectivity index (χ4n) is 2.79. The number of carbonyl (C=O) groups is 1. The van der Waals surface area contributed by atoms with Crippen molar-refractivity contribution in [3.8, 4) is 0 Å². The van der Waals surface area contributed by atoms with Gasteiger partial charge in [0.1, 0.15) is 5.82 Å². The molecule has 1 aromatic carbocycles. The van der Waals surface area contributed by atoms with E-state index in [9.17, 15) is 9.18 Å². The quantitative estimate of drug-likeness (QED) is 0.719. The second-order valence-electron chi connectivity index (χ2n) is 5.13. The average molecular weight is 313 g/mol. The van der Waals surface area contributed by atoms with Crippen molar-refractivity contribution in [2.45, 2.75) is 39.0 Å². The van der Waals surface area contributed by atoms with E-state index in [1.165, 1.54) is 12.5 Å². The van der Waals surface area contributed by atoms with Crippen molar-refractivity contribution in [1.82, 2.24) is 0 Å². The van der Waals surface area contributed by atoms with Gasteiger partial charge in [0, 0.05) is 11.5 Å². The molecular formula is C15H18BrFO. The van der Waals surface area contributed by atoms with Crippen molar-refractivity contribution in [2.24, 2.45) is 11.8 Å². The number of hydrogen-bond donors (Lipinski definition) is 0. The highest BCUT2D eigenvalue weighted by Crippen LogP contribution is 2.33. The molecule has 1 aromatic rings. The molecule has 0 N–H and O–H groups in total. The predicted octanol–water partition coefficient (Wildman–Crippen LogP) is 4.99. The second kappa shape index (κ2) is 5.96. The van der Waals surface area contributed by atoms with Crippen molar-refractivity contribution < 1.29 is 9.18 Å². The molecule has 0 aromatic heterocycles. The number of carbonyl (C=O) groups excluding carboxylic acids is 1. The van der Waals surface area contributed by atoms with Crippen LogP contribution in [0.5, 0.6) is 0 Å². The van der Waals surface area contributed by atoms with Gasteiger partial charge in [-0.25, -0.2) is 4.39 Å². The summed E-state index contributed by atoms with van der Waals surface area (Å²) in [4.78, 5) is 12.3. The highest BCUT2D eigenvalue weighted by molar-refractivity contribution is 9.10. The molecule has 0 heterocycles. The lowest BCUT2D eigenvalue weighted by molar-refractivity contribution is 0.0861. The van der Waals surface area contributed by atoms with E-state index >= 15 is 0 Å². The van der Waals surface area contributed by atoms with Gasteiger partial charge in [-0.1, -0.05) is 32.3 Å². The molecule has 98 valence electrons. The SMILES string of the molecule is CCC1CCCC(C(=O)c2ccc(Br)c(F)c2)C1. The molecule has 0 saturated heterocycles. The molecule has 1 aliphatic carbocycles. The van der Waals surface area contributed by atoms with Gasteiger partial charge in [0.25, 0.3) is 0 Å². The van der Waals surface area contributed by atoms with Crippen LogP contribution in [0.4, 0.5) is 4.39 Å². The summed E-state index contributed by atoms with van der Waals surface area (Å²) in [6.45, 7) is 2.18. The van der Waals surface area contributed by atoms with Crippen LogP contribution in [-0.4, -0.2) is 5.78 Å². The van der Waals surface area contributed by atoms with E-state index in [1.54, 1.807) is 12.1 Å². The van der Waals surface area contributed by atoms with Crippen LogP contribution in [0.15, 0.2) is 22.7 Å². The maximum atomic E-state index is 13.5. The lowest BCUT2D eigenvalue weighted by atomic mass is 9.77. The van der Waals surface area contributed by atoms with E-state index in [2.05, 4.69) is 22.9 Å². The zero-order valence-electron chi connectivity index (χ0n) is 10.6. The van der Waals surface area contributed by atoms with Gasteiger partial charge in [-0.15, -0.1) is 0 Å². The van der Waals surface area contributed by atoms with Gasteiger partial charge < -0.3 is 0 Å². The Morgan fingerprint density at radius 2 is 2.22 bits per heavy atom. The van der Waals surface area contributed by atoms with Crippen LogP contribution < -0.4 is 0 Å². The van der Waals surface area contributed by atoms with Crippen LogP contribution in [0.3, 0.4) is 0 Å². The van der Waals surface area contributed by atoms with E-state index < -0.39 is 0 Å². The van der Waals surface area contributed by atoms with Crippen LogP contribution in [0.1, 0.15) is 49.4 Å². The molecule has 1 aliphatic rings. The maximum absolute atomic E-state index is 13.5. The smallest absolute Gasteiger partial charge is 0.166 e. The summed E-state index contributed by atoms with van der Waals surface area (Å²) in [6, 6.07) is 4.68. The highest BCUT2D eigenvalue weighted by atomic mass is 79.9. The van der Waals surface area contributed by atoms with Crippen molar-refractivity contribution in [1.29, 1.82) is 0 Å². The lowest BCUT2D eigenvalue weighted by Gasteiger charge is -2.27. The summed E-state index contributed by atoms with van der Waals surface area (Å²) in [6.07, 6.45) is 5.40. The molecule has 18 heavy (non-hydrogen) atoms. The number of benzene rings is 1. The van der Waals surface area contributed by atoms with Crippen LogP contribution in [0.2, 0.25) is 0 Å². The van der Waals surface area contributed by atoms with Crippen LogP contribution in [-0.2, 0) is 0 Å². The topological polar surface area (TPSA) is 17.1 Å². The summed E-state index contributed by atoms with van der Waals surface area (Å²) in [5.41, 5.74) is 0.512. The molecule has 2 atom stereocenters. The standard InChI is InChI=1S/C15H18BrFO/c1-2-10-4-3-5-11(8-10)15(18)12-6-7-13(16)14(17)9-12/h6-7,9-11H,2-5,8H2,1H3. The fraction of sp³-hybridized carbons (Fsp3) is 0.533. The Morgan fingerprint density at radius 3 is 2.89 bits per heavy atom. The van der Waals surface area contributed by atoms with Crippen LogP contribution >= 0.6 is 15.9 Å². The number of Topliss-reactive ketones (excluding diaryl/α,β-unsaturated/α-hetero) is 1. The molecule has 3 heteroatoms. The van der Waals surface area contributed by atoms with Gasteiger partial charge in [0.15, 0.2) is 5.78 Å². The molecule has 0 spiro atoms. The minimum absolute atomic E-state index is 0.0873. The zero-order valence-corrected chi connectivity index (χ0v) is 12.2. The first-order chi connectivity index (χ1) is 8.61. The third-order valence-corrected chi connectivity index (χ3v) is 4.58. The largest absolute Gasteiger partial charge is 0.294 e. The van der Waals surface area contributed by atoms with Gasteiger partial charge in [-0.3, -0.25) is 4.79 Å². The van der Waals surface area contributed by atoms with Gasteiger partial charge in [-0.2, -0.15) is 0 Å². The first kappa shape index (κ1) is 13.7. The Morgan fingerprint density at radius 1 is 1.44 bits per heavy atom. The van der Waals surface area contributed by atoms with E-state index in [1.807, 2.05) is 0 Å². The average Bonchev–Trinajstić information content (AvgIpc) is 2.41. The maximum Gasteiger partial charge on any atom is 0.166 e. The van der Waals surface area contributed by atoms with Crippen molar-refractivity contribution in [3.05, 3.63) is 34.1 Å². The van der Waals surface area contributed by atoms with Crippen molar-refractivity contribution in [3.63, 3.8) is 0 Å². The molecular weight excluding hydrogens is 295 g/mol. The third-order valence-electron chi connectivity index (χ3n) is 3.94. The Kier molecular flexibility index (Phi) is 4.55. The van der Waals surface area contributed by atoms with E-state index in [4.69, 9.17) is 0 Å². The fourth-order valence-corrected chi connectivity index (χ4v) is 3.03. The lowest BCUT2D eigenvalue weighted by Crippen LogP contribution is -2.23. The Bertz CT molecular complexity index is 444. The van der Waals surface area contributed by atoms with Crippen molar-refractivity contribution in [2.75, 3.05) is 0 Å². The molecule has 1 saturated carbocycles. The van der Waals surface area contributed by atoms with E-state index in [0.29, 0.717) is 16.0 Å². The summed E-state index contributed by atoms with van der Waals surface area (Å²) >= 11 is 3.11. The second-order valence-corrected chi connectivity index (χ2v) is 5.99. The summed E-state index contributed by atoms with van der Waals surface area (Å²) in [5.74, 6) is 0.500. The monoisotopic (exact) mass is 312 g/mol. The Balaban J connectivity index is 2.12. The molecule has 1 fully saturated rings. The molecule has 2 unspecified atom stereocenters. The molecule has 1 nitrogen and oxygen atoms in total. The minimum Gasteiger partial charge on any atom is -0.294 e. The van der Waals surface area contributed by atoms with Gasteiger partial charge in [-0.05, 0) is 46.8 Å². The minimum atomic E-state index is -0.358. The van der Waals surface area contributed by atoms with E-state index in [0.717, 1.165) is 25.7 Å². The van der Waals surface area contributed by atoms with E-state index in [-0.39, 0.29) is 17.5 Å². The zero-order chi connectivity index (χ0) is 13.1. The van der Waals surface area contributed by atoms with Crippen molar-refractivity contribution >= 4 is 21.7 Å². The van der Waals surface area contributed by atoms with Crippen LogP contribution in [0, 0.1) is 17.7 Å². The number of ketones is 1. The molecule has 2 rings (SSSR count). The highest BCUT2D eigenvalue weighted by Gasteiger charge is 2.27. The van der Waals surface area contributed by atoms with Gasteiger partial charge in [0.05, 0.1) is 4.47 Å². The number of halogens is 2. The Labute approximate surface area is 116 Å². The molecule has 0 aliphatic heterocycles. The molecule has 0 amide bonds. The predicted molar refractivity (Wildman–Crippen MR) is 74.2 cm³/mol. The third kappa shape index (κ3) is 3.00. The Hall–Kier alpha value is -0.700. The molecule has 0 radical (unpaired) electrons. The first-order valence-electron chi connectivity index (χ1n) is 6.61. The number of hydrogen-bond acceptors (Lipinski definition) is 1. The summed E-state index contributed by atoms with van der Waals surface area (Å²) in [7, 11) is 0. The number of rotatable bonds is 3. The van der Waals surface area contributed by atoms with Crippen LogP contribution in [0.25, 0.3) is 0 Å². The van der Waals surface area contributed by atoms with Gasteiger partial charge in [0.2, 0.25) is 0 Å². The normalized spacial score (nSPS) is 23.9.